The maximum absolute atomic E-state index is 11.6. The number of ether oxygens (including phenoxy) is 1. The molecule has 0 aromatic carbocycles. The molecule has 2 rings (SSSR count). The van der Waals surface area contributed by atoms with E-state index >= 15 is 0 Å². The monoisotopic (exact) mass is 198 g/mol. The lowest BCUT2D eigenvalue weighted by atomic mass is 9.80. The number of hydrogen-bond acceptors (Lipinski definition) is 2. The van der Waals surface area contributed by atoms with Gasteiger partial charge in [-0.05, 0) is 43.9 Å². The molecule has 4 atom stereocenters. The lowest BCUT2D eigenvalue weighted by Gasteiger charge is -2.26. The van der Waals surface area contributed by atoms with Crippen LogP contribution < -0.4 is 0 Å². The summed E-state index contributed by atoms with van der Waals surface area (Å²) in [4.78, 5) is 11.6. The van der Waals surface area contributed by atoms with Gasteiger partial charge in [-0.15, -0.1) is 0 Å². The van der Waals surface area contributed by atoms with Gasteiger partial charge in [0.2, 0.25) is 0 Å². The number of fused-ring (bicyclic) bond motifs is 2. The normalized spacial score (nSPS) is 39.3. The highest BCUT2D eigenvalue weighted by Gasteiger charge is 2.49. The fourth-order valence-corrected chi connectivity index (χ4v) is 3.22. The van der Waals surface area contributed by atoms with Gasteiger partial charge in [0.05, 0.1) is 12.5 Å². The summed E-state index contributed by atoms with van der Waals surface area (Å²) in [6.07, 6.45) is 3.85. The molecule has 0 heterocycles. The Labute approximate surface area is 87.0 Å². The molecule has 2 saturated carbocycles. The SMILES string of the molecule is C.CCOC(=O)C1C2CCC(C2)C1C. The van der Waals surface area contributed by atoms with E-state index in [-0.39, 0.29) is 19.3 Å². The predicted octanol–water partition coefficient (Wildman–Crippen LogP) is 2.87. The van der Waals surface area contributed by atoms with Gasteiger partial charge in [0.15, 0.2) is 0 Å². The van der Waals surface area contributed by atoms with Crippen molar-refractivity contribution in [3.63, 3.8) is 0 Å². The van der Waals surface area contributed by atoms with Crippen LogP contribution in [0.4, 0.5) is 0 Å². The second-order valence-electron chi connectivity index (χ2n) is 4.47. The van der Waals surface area contributed by atoms with E-state index in [1.54, 1.807) is 0 Å². The van der Waals surface area contributed by atoms with Crippen LogP contribution in [0.25, 0.3) is 0 Å². The zero-order chi connectivity index (χ0) is 9.42. The van der Waals surface area contributed by atoms with Gasteiger partial charge in [-0.2, -0.15) is 0 Å². The Morgan fingerprint density at radius 2 is 2.00 bits per heavy atom. The maximum atomic E-state index is 11.6. The largest absolute Gasteiger partial charge is 0.466 e. The van der Waals surface area contributed by atoms with Crippen LogP contribution in [0.15, 0.2) is 0 Å². The minimum absolute atomic E-state index is 0. The minimum Gasteiger partial charge on any atom is -0.466 e. The Morgan fingerprint density at radius 1 is 1.36 bits per heavy atom. The summed E-state index contributed by atoms with van der Waals surface area (Å²) < 4.78 is 5.11. The molecule has 4 unspecified atom stereocenters. The lowest BCUT2D eigenvalue weighted by molar-refractivity contribution is -0.151. The molecular weight excluding hydrogens is 176 g/mol. The van der Waals surface area contributed by atoms with Crippen molar-refractivity contribution < 1.29 is 9.53 Å². The van der Waals surface area contributed by atoms with Gasteiger partial charge in [0.25, 0.3) is 0 Å². The van der Waals surface area contributed by atoms with Gasteiger partial charge in [0, 0.05) is 0 Å². The Morgan fingerprint density at radius 3 is 2.50 bits per heavy atom. The highest BCUT2D eigenvalue weighted by atomic mass is 16.5. The van der Waals surface area contributed by atoms with E-state index in [4.69, 9.17) is 4.74 Å². The Bertz CT molecular complexity index is 210. The first-order valence-electron chi connectivity index (χ1n) is 5.40. The molecule has 82 valence electrons. The summed E-state index contributed by atoms with van der Waals surface area (Å²) in [5, 5.41) is 0. The molecule has 2 aliphatic rings. The van der Waals surface area contributed by atoms with Crippen molar-refractivity contribution in [2.24, 2.45) is 23.7 Å². The van der Waals surface area contributed by atoms with Crippen molar-refractivity contribution in [2.45, 2.75) is 40.5 Å². The van der Waals surface area contributed by atoms with Crippen molar-refractivity contribution in [3.05, 3.63) is 0 Å². The van der Waals surface area contributed by atoms with Crippen LogP contribution >= 0.6 is 0 Å². The first-order valence-corrected chi connectivity index (χ1v) is 5.40. The third kappa shape index (κ3) is 1.67. The third-order valence-corrected chi connectivity index (χ3v) is 3.89. The van der Waals surface area contributed by atoms with Crippen LogP contribution in [-0.2, 0) is 9.53 Å². The molecule has 0 radical (unpaired) electrons. The van der Waals surface area contributed by atoms with E-state index in [2.05, 4.69) is 6.92 Å². The molecule has 2 bridgehead atoms. The molecule has 2 aliphatic carbocycles. The van der Waals surface area contributed by atoms with Gasteiger partial charge in [-0.1, -0.05) is 14.4 Å². The Balaban J connectivity index is 0.000000980. The fourth-order valence-electron chi connectivity index (χ4n) is 3.22. The van der Waals surface area contributed by atoms with E-state index in [1.165, 1.54) is 19.3 Å². The summed E-state index contributed by atoms with van der Waals surface area (Å²) in [5.41, 5.74) is 0. The molecule has 0 spiro atoms. The molecule has 0 N–H and O–H groups in total. The number of rotatable bonds is 2. The molecule has 2 nitrogen and oxygen atoms in total. The van der Waals surface area contributed by atoms with Gasteiger partial charge in [-0.25, -0.2) is 0 Å². The van der Waals surface area contributed by atoms with E-state index in [9.17, 15) is 4.79 Å². The first kappa shape index (κ1) is 11.5. The maximum Gasteiger partial charge on any atom is 0.309 e. The van der Waals surface area contributed by atoms with Gasteiger partial charge < -0.3 is 4.74 Å². The van der Waals surface area contributed by atoms with E-state index in [1.807, 2.05) is 6.92 Å². The fraction of sp³-hybridized carbons (Fsp3) is 0.917. The summed E-state index contributed by atoms with van der Waals surface area (Å²) in [7, 11) is 0. The summed E-state index contributed by atoms with van der Waals surface area (Å²) in [6, 6.07) is 0. The van der Waals surface area contributed by atoms with Crippen molar-refractivity contribution >= 4 is 5.97 Å². The lowest BCUT2D eigenvalue weighted by Crippen LogP contribution is -2.29. The molecule has 0 amide bonds. The second-order valence-corrected chi connectivity index (χ2v) is 4.47. The number of carbonyl (C=O) groups is 1. The molecule has 0 aliphatic heterocycles. The van der Waals surface area contributed by atoms with Crippen LogP contribution in [-0.4, -0.2) is 12.6 Å². The third-order valence-electron chi connectivity index (χ3n) is 3.89. The molecule has 14 heavy (non-hydrogen) atoms. The van der Waals surface area contributed by atoms with E-state index < -0.39 is 0 Å². The predicted molar refractivity (Wildman–Crippen MR) is 56.8 cm³/mol. The van der Waals surface area contributed by atoms with Gasteiger partial charge in [-0.3, -0.25) is 4.79 Å². The van der Waals surface area contributed by atoms with E-state index in [0.29, 0.717) is 18.4 Å². The van der Waals surface area contributed by atoms with Crippen molar-refractivity contribution in [3.8, 4) is 0 Å². The van der Waals surface area contributed by atoms with Crippen molar-refractivity contribution in [1.82, 2.24) is 0 Å². The Hall–Kier alpha value is -0.530. The molecular formula is C12H22O2. The zero-order valence-corrected chi connectivity index (χ0v) is 8.45. The molecule has 2 heteroatoms. The number of carbonyl (C=O) groups excluding carboxylic acids is 1. The minimum atomic E-state index is 0. The van der Waals surface area contributed by atoms with Gasteiger partial charge in [0.1, 0.15) is 0 Å². The summed E-state index contributed by atoms with van der Waals surface area (Å²) in [6.45, 7) is 4.63. The molecule has 2 fully saturated rings. The van der Waals surface area contributed by atoms with Crippen LogP contribution in [0.1, 0.15) is 40.5 Å². The highest BCUT2D eigenvalue weighted by molar-refractivity contribution is 5.73. The topological polar surface area (TPSA) is 26.3 Å². The van der Waals surface area contributed by atoms with Crippen molar-refractivity contribution in [2.75, 3.05) is 6.61 Å². The molecule has 0 saturated heterocycles. The van der Waals surface area contributed by atoms with Crippen LogP contribution in [0.2, 0.25) is 0 Å². The quantitative estimate of drug-likeness (QED) is 0.638. The number of hydrogen-bond donors (Lipinski definition) is 0. The average molecular weight is 198 g/mol. The summed E-state index contributed by atoms with van der Waals surface area (Å²) in [5.74, 6) is 2.29. The van der Waals surface area contributed by atoms with Crippen LogP contribution in [0, 0.1) is 23.7 Å². The van der Waals surface area contributed by atoms with Crippen molar-refractivity contribution in [1.29, 1.82) is 0 Å². The van der Waals surface area contributed by atoms with Crippen LogP contribution in [0.3, 0.4) is 0 Å². The average Bonchev–Trinajstić information content (AvgIpc) is 2.63. The standard InChI is InChI=1S/C11H18O2.CH4/c1-3-13-11(12)10-7(2)8-4-5-9(10)6-8;/h7-10H,3-6H2,1-2H3;1H4. The first-order chi connectivity index (χ1) is 6.24. The molecule has 0 aromatic heterocycles. The van der Waals surface area contributed by atoms with E-state index in [0.717, 1.165) is 5.92 Å². The zero-order valence-electron chi connectivity index (χ0n) is 8.45. The second kappa shape index (κ2) is 4.33. The molecule has 0 aromatic rings. The Kier molecular flexibility index (Phi) is 3.57. The van der Waals surface area contributed by atoms with Gasteiger partial charge >= 0.3 is 5.97 Å². The smallest absolute Gasteiger partial charge is 0.309 e. The highest BCUT2D eigenvalue weighted by Crippen LogP contribution is 2.52. The summed E-state index contributed by atoms with van der Waals surface area (Å²) >= 11 is 0. The number of esters is 1. The van der Waals surface area contributed by atoms with Crippen LogP contribution in [0.5, 0.6) is 0 Å².